The van der Waals surface area contributed by atoms with Crippen LogP contribution < -0.4 is 5.73 Å². The summed E-state index contributed by atoms with van der Waals surface area (Å²) in [5.41, 5.74) is 9.22. The number of likely N-dealkylation sites (tertiary alicyclic amines) is 1. The van der Waals surface area contributed by atoms with Crippen LogP contribution in [0.3, 0.4) is 0 Å². The molecule has 0 bridgehead atoms. The average molecular weight is 589 g/mol. The van der Waals surface area contributed by atoms with Gasteiger partial charge in [-0.1, -0.05) is 54.6 Å². The topological polar surface area (TPSA) is 96.1 Å². The highest BCUT2D eigenvalue weighted by molar-refractivity contribution is 5.97. The first kappa shape index (κ1) is 29.0. The number of nitrogens with zero attached hydrogens (tertiary/aromatic N) is 3. The largest absolute Gasteiger partial charge is 0.439 e. The Hall–Kier alpha value is -5.13. The van der Waals surface area contributed by atoms with Crippen molar-refractivity contribution in [2.45, 2.75) is 37.8 Å². The second kappa shape index (κ2) is 11.9. The Labute approximate surface area is 254 Å². The molecule has 2 atom stereocenters. The lowest BCUT2D eigenvalue weighted by atomic mass is 9.92. The summed E-state index contributed by atoms with van der Waals surface area (Å²) in [6, 6.07) is 27.2. The normalized spacial score (nSPS) is 16.0. The molecule has 0 saturated carbocycles. The second-order valence-electron chi connectivity index (χ2n) is 11.4. The van der Waals surface area contributed by atoms with E-state index in [0.29, 0.717) is 41.0 Å². The van der Waals surface area contributed by atoms with E-state index in [-0.39, 0.29) is 29.2 Å². The van der Waals surface area contributed by atoms with E-state index in [4.69, 9.17) is 10.2 Å². The number of benzene rings is 4. The van der Waals surface area contributed by atoms with Crippen LogP contribution in [0.15, 0.2) is 102 Å². The number of hydrogen-bond acceptors (Lipinski definition) is 5. The average Bonchev–Trinajstić information content (AvgIpc) is 3.73. The van der Waals surface area contributed by atoms with Crippen molar-refractivity contribution in [1.82, 2.24) is 9.88 Å². The van der Waals surface area contributed by atoms with Gasteiger partial charge in [-0.15, -0.1) is 0 Å². The van der Waals surface area contributed by atoms with Crippen LogP contribution in [0.5, 0.6) is 0 Å². The molecule has 2 N–H and O–H groups in total. The molecule has 0 aliphatic carbocycles. The minimum atomic E-state index is -0.864. The SMILES string of the molecule is C[C@@](N)(Cc1ccccc1)c1cnc(-c2cc(C(=O)N3CCCC3c3ccc(F)cc3)cc(-c3cccc(F)c3C#N)c2)o1. The fourth-order valence-electron chi connectivity index (χ4n) is 5.89. The third kappa shape index (κ3) is 5.75. The Kier molecular flexibility index (Phi) is 7.81. The van der Waals surface area contributed by atoms with Gasteiger partial charge in [-0.3, -0.25) is 4.79 Å². The molecule has 0 spiro atoms. The molecule has 6 rings (SSSR count). The van der Waals surface area contributed by atoms with Crippen molar-refractivity contribution in [3.63, 3.8) is 0 Å². The quantitative estimate of drug-likeness (QED) is 0.212. The number of nitrogens with two attached hydrogens (primary N) is 1. The smallest absolute Gasteiger partial charge is 0.254 e. The van der Waals surface area contributed by atoms with E-state index in [1.54, 1.807) is 47.5 Å². The molecule has 4 aromatic carbocycles. The highest BCUT2D eigenvalue weighted by Gasteiger charge is 2.32. The van der Waals surface area contributed by atoms with Crippen molar-refractivity contribution in [2.24, 2.45) is 5.73 Å². The van der Waals surface area contributed by atoms with Gasteiger partial charge in [0.1, 0.15) is 23.5 Å². The summed E-state index contributed by atoms with van der Waals surface area (Å²) >= 11 is 0. The lowest BCUT2D eigenvalue weighted by Crippen LogP contribution is -2.35. The maximum absolute atomic E-state index is 14.7. The number of amides is 1. The van der Waals surface area contributed by atoms with E-state index < -0.39 is 11.4 Å². The zero-order valence-corrected chi connectivity index (χ0v) is 24.1. The molecule has 1 fully saturated rings. The molecule has 5 aromatic rings. The number of carbonyl (C=O) groups is 1. The minimum absolute atomic E-state index is 0.126. The third-order valence-electron chi connectivity index (χ3n) is 8.11. The highest BCUT2D eigenvalue weighted by atomic mass is 19.1. The lowest BCUT2D eigenvalue weighted by Gasteiger charge is -2.26. The van der Waals surface area contributed by atoms with Crippen LogP contribution in [0.25, 0.3) is 22.6 Å². The van der Waals surface area contributed by atoms with Crippen molar-refractivity contribution in [3.05, 3.63) is 137 Å². The van der Waals surface area contributed by atoms with Crippen LogP contribution in [0, 0.1) is 23.0 Å². The van der Waals surface area contributed by atoms with Crippen LogP contribution >= 0.6 is 0 Å². The molecule has 1 amide bonds. The molecule has 44 heavy (non-hydrogen) atoms. The van der Waals surface area contributed by atoms with Gasteiger partial charge >= 0.3 is 0 Å². The number of nitriles is 1. The summed E-state index contributed by atoms with van der Waals surface area (Å²) in [6.07, 6.45) is 3.63. The molecular formula is C36H30F2N4O2. The second-order valence-corrected chi connectivity index (χ2v) is 11.4. The van der Waals surface area contributed by atoms with Crippen molar-refractivity contribution in [2.75, 3.05) is 6.54 Å². The van der Waals surface area contributed by atoms with E-state index in [9.17, 15) is 18.8 Å². The summed E-state index contributed by atoms with van der Waals surface area (Å²) in [5.74, 6) is -0.527. The van der Waals surface area contributed by atoms with E-state index in [1.807, 2.05) is 43.3 Å². The standard InChI is InChI=1S/C36H30F2N4O2/c1-36(40,20-23-7-3-2-4-8-23)33-22-41-34(44-33)26-17-25(29-9-5-10-31(38)30(29)21-39)18-27(19-26)35(43)42-16-6-11-32(42)24-12-14-28(37)15-13-24/h2-5,7-10,12-15,17-19,22,32H,6,11,16,20,40H2,1H3/t32?,36-/m1/s1. The summed E-state index contributed by atoms with van der Waals surface area (Å²) in [6.45, 7) is 2.39. The van der Waals surface area contributed by atoms with Gasteiger partial charge in [-0.25, -0.2) is 13.8 Å². The molecule has 1 unspecified atom stereocenters. The summed E-state index contributed by atoms with van der Waals surface area (Å²) in [5, 5.41) is 9.76. The van der Waals surface area contributed by atoms with Gasteiger partial charge in [0.2, 0.25) is 5.89 Å². The number of aromatic nitrogens is 1. The number of halogens is 2. The van der Waals surface area contributed by atoms with Crippen molar-refractivity contribution < 1.29 is 18.0 Å². The third-order valence-corrected chi connectivity index (χ3v) is 8.11. The van der Waals surface area contributed by atoms with Crippen LogP contribution in [0.4, 0.5) is 8.78 Å². The first-order chi connectivity index (χ1) is 21.2. The monoisotopic (exact) mass is 588 g/mol. The molecule has 1 aromatic heterocycles. The Morgan fingerprint density at radius 2 is 1.80 bits per heavy atom. The summed E-state index contributed by atoms with van der Waals surface area (Å²) in [4.78, 5) is 20.4. The highest BCUT2D eigenvalue weighted by Crippen LogP contribution is 2.37. The van der Waals surface area contributed by atoms with Crippen molar-refractivity contribution in [3.8, 4) is 28.7 Å². The van der Waals surface area contributed by atoms with Crippen LogP contribution in [-0.4, -0.2) is 22.3 Å². The number of rotatable bonds is 7. The number of hydrogen-bond donors (Lipinski definition) is 1. The fourth-order valence-corrected chi connectivity index (χ4v) is 5.89. The Bertz CT molecular complexity index is 1860. The zero-order valence-electron chi connectivity index (χ0n) is 24.1. The molecule has 6 nitrogen and oxygen atoms in total. The Balaban J connectivity index is 1.41. The molecule has 2 heterocycles. The molecule has 8 heteroatoms. The summed E-state index contributed by atoms with van der Waals surface area (Å²) < 4.78 is 34.5. The van der Waals surface area contributed by atoms with Gasteiger partial charge in [0.25, 0.3) is 5.91 Å². The first-order valence-electron chi connectivity index (χ1n) is 14.4. The number of carbonyl (C=O) groups excluding carboxylic acids is 1. The van der Waals surface area contributed by atoms with Crippen LogP contribution in [0.1, 0.15) is 58.6 Å². The fraction of sp³-hybridized carbons (Fsp3) is 0.194. The van der Waals surface area contributed by atoms with Gasteiger partial charge in [-0.2, -0.15) is 5.26 Å². The van der Waals surface area contributed by atoms with Gasteiger partial charge in [0, 0.05) is 23.2 Å². The minimum Gasteiger partial charge on any atom is -0.439 e. The Morgan fingerprint density at radius 1 is 1.05 bits per heavy atom. The summed E-state index contributed by atoms with van der Waals surface area (Å²) in [7, 11) is 0. The van der Waals surface area contributed by atoms with Crippen molar-refractivity contribution in [1.29, 1.82) is 5.26 Å². The van der Waals surface area contributed by atoms with Gasteiger partial charge in [0.05, 0.1) is 23.3 Å². The van der Waals surface area contributed by atoms with Crippen LogP contribution in [0.2, 0.25) is 0 Å². The van der Waals surface area contributed by atoms with E-state index >= 15 is 0 Å². The molecular weight excluding hydrogens is 558 g/mol. The molecule has 1 aliphatic rings. The van der Waals surface area contributed by atoms with Crippen molar-refractivity contribution >= 4 is 5.91 Å². The van der Waals surface area contributed by atoms with Gasteiger partial charge in [0.15, 0.2) is 0 Å². The molecule has 0 radical (unpaired) electrons. The maximum Gasteiger partial charge on any atom is 0.254 e. The molecule has 220 valence electrons. The maximum atomic E-state index is 14.7. The Morgan fingerprint density at radius 3 is 2.55 bits per heavy atom. The predicted molar refractivity (Wildman–Crippen MR) is 163 cm³/mol. The van der Waals surface area contributed by atoms with Gasteiger partial charge in [-0.05, 0) is 79.3 Å². The van der Waals surface area contributed by atoms with E-state index in [1.165, 1.54) is 24.3 Å². The van der Waals surface area contributed by atoms with Gasteiger partial charge < -0.3 is 15.1 Å². The van der Waals surface area contributed by atoms with E-state index in [2.05, 4.69) is 4.98 Å². The lowest BCUT2D eigenvalue weighted by molar-refractivity contribution is 0.0735. The predicted octanol–water partition coefficient (Wildman–Crippen LogP) is 7.55. The first-order valence-corrected chi connectivity index (χ1v) is 14.4. The van der Waals surface area contributed by atoms with Crippen LogP contribution in [-0.2, 0) is 12.0 Å². The number of oxazole rings is 1. The van der Waals surface area contributed by atoms with E-state index in [0.717, 1.165) is 24.0 Å². The molecule has 1 saturated heterocycles. The zero-order chi connectivity index (χ0) is 30.8. The molecule has 1 aliphatic heterocycles.